The Morgan fingerprint density at radius 3 is 2.94 bits per heavy atom. The zero-order chi connectivity index (χ0) is 12.7. The molecule has 17 heavy (non-hydrogen) atoms. The molecule has 2 unspecified atom stereocenters. The Morgan fingerprint density at radius 1 is 1.53 bits per heavy atom. The summed E-state index contributed by atoms with van der Waals surface area (Å²) in [5, 5.41) is 13.0. The van der Waals surface area contributed by atoms with Crippen LogP contribution in [-0.4, -0.2) is 61.0 Å². The van der Waals surface area contributed by atoms with Gasteiger partial charge in [0, 0.05) is 26.2 Å². The van der Waals surface area contributed by atoms with E-state index in [1.807, 2.05) is 0 Å². The van der Waals surface area contributed by atoms with Gasteiger partial charge in [-0.3, -0.25) is 4.90 Å². The third-order valence-electron chi connectivity index (χ3n) is 3.26. The second-order valence-corrected chi connectivity index (χ2v) is 5.42. The highest BCUT2D eigenvalue weighted by molar-refractivity contribution is 4.87. The molecule has 1 aliphatic rings. The van der Waals surface area contributed by atoms with Crippen LogP contribution in [0, 0.1) is 0 Å². The van der Waals surface area contributed by atoms with Crippen molar-refractivity contribution in [3.63, 3.8) is 0 Å². The third kappa shape index (κ3) is 5.34. The van der Waals surface area contributed by atoms with E-state index < -0.39 is 0 Å². The van der Waals surface area contributed by atoms with Gasteiger partial charge >= 0.3 is 0 Å². The molecule has 2 N–H and O–H groups in total. The van der Waals surface area contributed by atoms with Crippen LogP contribution in [0.2, 0.25) is 0 Å². The molecule has 0 radical (unpaired) electrons. The molecule has 1 rings (SSSR count). The summed E-state index contributed by atoms with van der Waals surface area (Å²) in [4.78, 5) is 2.40. The molecule has 1 saturated heterocycles. The van der Waals surface area contributed by atoms with Crippen molar-refractivity contribution in [3.8, 4) is 0 Å². The standard InChI is InChI=1S/C13H28N2O2/c1-4-6-14-13(3,11-16)10-15-7-5-8-17-12(2)9-15/h12,14,16H,4-11H2,1-3H3. The number of nitrogens with zero attached hydrogens (tertiary/aromatic N) is 1. The summed E-state index contributed by atoms with van der Waals surface area (Å²) < 4.78 is 5.64. The summed E-state index contributed by atoms with van der Waals surface area (Å²) in [7, 11) is 0. The van der Waals surface area contributed by atoms with Crippen LogP contribution in [0.25, 0.3) is 0 Å². The Morgan fingerprint density at radius 2 is 2.29 bits per heavy atom. The second kappa shape index (κ2) is 7.31. The molecule has 0 amide bonds. The SMILES string of the molecule is CCCNC(C)(CO)CN1CCCOC(C)C1. The molecule has 0 bridgehead atoms. The maximum atomic E-state index is 9.56. The molecule has 0 aliphatic carbocycles. The molecule has 2 atom stereocenters. The minimum Gasteiger partial charge on any atom is -0.394 e. The van der Waals surface area contributed by atoms with Crippen LogP contribution in [0.3, 0.4) is 0 Å². The summed E-state index contributed by atoms with van der Waals surface area (Å²) in [6.07, 6.45) is 2.47. The van der Waals surface area contributed by atoms with Gasteiger partial charge in [0.25, 0.3) is 0 Å². The van der Waals surface area contributed by atoms with Crippen molar-refractivity contribution in [2.75, 3.05) is 39.4 Å². The molecule has 0 spiro atoms. The van der Waals surface area contributed by atoms with Crippen molar-refractivity contribution in [1.29, 1.82) is 0 Å². The molecular formula is C13H28N2O2. The number of nitrogens with one attached hydrogen (secondary N) is 1. The van der Waals surface area contributed by atoms with Crippen molar-refractivity contribution in [3.05, 3.63) is 0 Å². The van der Waals surface area contributed by atoms with Crippen molar-refractivity contribution >= 4 is 0 Å². The largest absolute Gasteiger partial charge is 0.394 e. The quantitative estimate of drug-likeness (QED) is 0.727. The molecule has 102 valence electrons. The third-order valence-corrected chi connectivity index (χ3v) is 3.26. The fraction of sp³-hybridized carbons (Fsp3) is 1.00. The maximum Gasteiger partial charge on any atom is 0.0673 e. The predicted octanol–water partition coefficient (Wildman–Crippen LogP) is 0.848. The number of hydrogen-bond donors (Lipinski definition) is 2. The normalized spacial score (nSPS) is 26.5. The van der Waals surface area contributed by atoms with Gasteiger partial charge in [0.1, 0.15) is 0 Å². The van der Waals surface area contributed by atoms with Crippen LogP contribution in [0.4, 0.5) is 0 Å². The molecule has 1 heterocycles. The van der Waals surface area contributed by atoms with Crippen molar-refractivity contribution in [2.24, 2.45) is 0 Å². The Hall–Kier alpha value is -0.160. The highest BCUT2D eigenvalue weighted by atomic mass is 16.5. The van der Waals surface area contributed by atoms with Gasteiger partial charge in [-0.25, -0.2) is 0 Å². The van der Waals surface area contributed by atoms with E-state index in [0.29, 0.717) is 6.10 Å². The van der Waals surface area contributed by atoms with E-state index in [-0.39, 0.29) is 12.1 Å². The highest BCUT2D eigenvalue weighted by Crippen LogP contribution is 2.11. The average Bonchev–Trinajstić information content (AvgIpc) is 2.51. The molecule has 0 aromatic heterocycles. The molecule has 1 fully saturated rings. The summed E-state index contributed by atoms with van der Waals surface area (Å²) >= 11 is 0. The molecule has 0 aromatic carbocycles. The molecule has 4 heteroatoms. The van der Waals surface area contributed by atoms with Crippen molar-refractivity contribution in [2.45, 2.75) is 45.3 Å². The van der Waals surface area contributed by atoms with Gasteiger partial charge in [-0.15, -0.1) is 0 Å². The van der Waals surface area contributed by atoms with E-state index in [4.69, 9.17) is 4.74 Å². The van der Waals surface area contributed by atoms with E-state index in [0.717, 1.165) is 45.6 Å². The number of ether oxygens (including phenoxy) is 1. The Labute approximate surface area is 105 Å². The topological polar surface area (TPSA) is 44.7 Å². The first-order valence-electron chi connectivity index (χ1n) is 6.79. The highest BCUT2D eigenvalue weighted by Gasteiger charge is 2.27. The lowest BCUT2D eigenvalue weighted by Crippen LogP contribution is -2.55. The second-order valence-electron chi connectivity index (χ2n) is 5.42. The van der Waals surface area contributed by atoms with E-state index in [1.165, 1.54) is 0 Å². The van der Waals surface area contributed by atoms with E-state index in [9.17, 15) is 5.11 Å². The lowest BCUT2D eigenvalue weighted by atomic mass is 10.0. The Kier molecular flexibility index (Phi) is 6.41. The molecule has 4 nitrogen and oxygen atoms in total. The number of aliphatic hydroxyl groups excluding tert-OH is 1. The van der Waals surface area contributed by atoms with Crippen LogP contribution >= 0.6 is 0 Å². The van der Waals surface area contributed by atoms with Crippen molar-refractivity contribution < 1.29 is 9.84 Å². The van der Waals surface area contributed by atoms with Crippen LogP contribution < -0.4 is 5.32 Å². The molecule has 0 aromatic rings. The van der Waals surface area contributed by atoms with Gasteiger partial charge in [0.2, 0.25) is 0 Å². The average molecular weight is 244 g/mol. The zero-order valence-electron chi connectivity index (χ0n) is 11.5. The van der Waals surface area contributed by atoms with Crippen LogP contribution in [0.5, 0.6) is 0 Å². The maximum absolute atomic E-state index is 9.56. The van der Waals surface area contributed by atoms with Crippen LogP contribution in [0.15, 0.2) is 0 Å². The first-order valence-corrected chi connectivity index (χ1v) is 6.79. The minimum atomic E-state index is -0.194. The predicted molar refractivity (Wildman–Crippen MR) is 70.3 cm³/mol. The fourth-order valence-corrected chi connectivity index (χ4v) is 2.31. The Bertz CT molecular complexity index is 214. The van der Waals surface area contributed by atoms with Gasteiger partial charge < -0.3 is 15.2 Å². The zero-order valence-corrected chi connectivity index (χ0v) is 11.5. The van der Waals surface area contributed by atoms with Crippen LogP contribution in [0.1, 0.15) is 33.6 Å². The van der Waals surface area contributed by atoms with E-state index in [1.54, 1.807) is 0 Å². The first-order chi connectivity index (χ1) is 8.09. The van der Waals surface area contributed by atoms with Crippen LogP contribution in [-0.2, 0) is 4.74 Å². The smallest absolute Gasteiger partial charge is 0.0673 e. The van der Waals surface area contributed by atoms with Crippen molar-refractivity contribution in [1.82, 2.24) is 10.2 Å². The van der Waals surface area contributed by atoms with Gasteiger partial charge in [0.15, 0.2) is 0 Å². The number of rotatable bonds is 6. The lowest BCUT2D eigenvalue weighted by Gasteiger charge is -2.35. The molecular weight excluding hydrogens is 216 g/mol. The minimum absolute atomic E-state index is 0.179. The lowest BCUT2D eigenvalue weighted by molar-refractivity contribution is 0.0582. The van der Waals surface area contributed by atoms with Gasteiger partial charge in [-0.2, -0.15) is 0 Å². The monoisotopic (exact) mass is 244 g/mol. The number of aliphatic hydroxyl groups is 1. The van der Waals surface area contributed by atoms with E-state index in [2.05, 4.69) is 31.0 Å². The summed E-state index contributed by atoms with van der Waals surface area (Å²) in [5.74, 6) is 0. The molecule has 1 aliphatic heterocycles. The van der Waals surface area contributed by atoms with Gasteiger partial charge in [-0.1, -0.05) is 6.92 Å². The van der Waals surface area contributed by atoms with Gasteiger partial charge in [-0.05, 0) is 33.2 Å². The number of hydrogen-bond acceptors (Lipinski definition) is 4. The summed E-state index contributed by atoms with van der Waals surface area (Å²) in [6, 6.07) is 0. The van der Waals surface area contributed by atoms with Gasteiger partial charge in [0.05, 0.1) is 18.2 Å². The first kappa shape index (κ1) is 14.9. The molecule has 0 saturated carbocycles. The fourth-order valence-electron chi connectivity index (χ4n) is 2.31. The Balaban J connectivity index is 2.47. The summed E-state index contributed by atoms with van der Waals surface area (Å²) in [5.41, 5.74) is -0.194. The summed E-state index contributed by atoms with van der Waals surface area (Å²) in [6.45, 7) is 11.3. The van der Waals surface area contributed by atoms with E-state index >= 15 is 0 Å².